The molecule has 0 spiro atoms. The number of methoxy groups -OCH3 is 1. The fraction of sp³-hybridized carbons (Fsp3) is 0.294. The molecular weight excluding hydrogens is 280 g/mol. The number of pyridine rings is 1. The molecule has 1 atom stereocenters. The number of carbonyl (C=O) groups is 1. The molecule has 0 bridgehead atoms. The second-order valence-electron chi connectivity index (χ2n) is 5.41. The number of aromatic carboxylic acids is 1. The molecule has 2 heterocycles. The molecular formula is C17H18N2O3. The van der Waals surface area contributed by atoms with Gasteiger partial charge in [-0.2, -0.15) is 0 Å². The summed E-state index contributed by atoms with van der Waals surface area (Å²) in [6.45, 7) is 1.82. The molecule has 114 valence electrons. The van der Waals surface area contributed by atoms with E-state index in [0.717, 1.165) is 31.1 Å². The zero-order valence-electron chi connectivity index (χ0n) is 12.4. The molecule has 1 aliphatic rings. The third-order valence-electron chi connectivity index (χ3n) is 4.09. The standard InChI is InChI=1S/C17H18N2O3/c1-22-15-5-2-12(3-6-15)14-8-9-19(11-14)16-7-4-13(10-18-16)17(20)21/h2-7,10,14H,8-9,11H2,1H3,(H,20,21). The molecule has 1 fully saturated rings. The van der Waals surface area contributed by atoms with Crippen molar-refractivity contribution in [2.75, 3.05) is 25.1 Å². The third kappa shape index (κ3) is 2.88. The van der Waals surface area contributed by atoms with E-state index in [9.17, 15) is 4.79 Å². The number of nitrogens with zero attached hydrogens (tertiary/aromatic N) is 2. The molecule has 3 rings (SSSR count). The van der Waals surface area contributed by atoms with Crippen molar-refractivity contribution in [3.05, 3.63) is 53.7 Å². The van der Waals surface area contributed by atoms with Crippen molar-refractivity contribution < 1.29 is 14.6 Å². The third-order valence-corrected chi connectivity index (χ3v) is 4.09. The Bertz CT molecular complexity index is 653. The molecule has 5 heteroatoms. The van der Waals surface area contributed by atoms with Crippen LogP contribution in [0.3, 0.4) is 0 Å². The minimum Gasteiger partial charge on any atom is -0.497 e. The van der Waals surface area contributed by atoms with Gasteiger partial charge in [-0.15, -0.1) is 0 Å². The zero-order valence-corrected chi connectivity index (χ0v) is 12.4. The minimum absolute atomic E-state index is 0.217. The lowest BCUT2D eigenvalue weighted by Gasteiger charge is -2.17. The fourth-order valence-electron chi connectivity index (χ4n) is 2.82. The summed E-state index contributed by atoms with van der Waals surface area (Å²) in [7, 11) is 1.67. The van der Waals surface area contributed by atoms with Crippen LogP contribution in [-0.2, 0) is 0 Å². The number of hydrogen-bond donors (Lipinski definition) is 1. The van der Waals surface area contributed by atoms with Crippen molar-refractivity contribution in [3.8, 4) is 5.75 Å². The Hall–Kier alpha value is -2.56. The summed E-state index contributed by atoms with van der Waals surface area (Å²) >= 11 is 0. The van der Waals surface area contributed by atoms with Crippen molar-refractivity contribution in [1.29, 1.82) is 0 Å². The Morgan fingerprint density at radius 3 is 2.64 bits per heavy atom. The number of carboxylic acids is 1. The topological polar surface area (TPSA) is 62.7 Å². The van der Waals surface area contributed by atoms with Gasteiger partial charge in [-0.05, 0) is 36.2 Å². The van der Waals surface area contributed by atoms with Crippen molar-refractivity contribution in [2.24, 2.45) is 0 Å². The van der Waals surface area contributed by atoms with Crippen molar-refractivity contribution >= 4 is 11.8 Å². The van der Waals surface area contributed by atoms with E-state index in [4.69, 9.17) is 9.84 Å². The van der Waals surface area contributed by atoms with E-state index in [1.807, 2.05) is 12.1 Å². The molecule has 0 amide bonds. The molecule has 0 saturated carbocycles. The average molecular weight is 298 g/mol. The normalized spacial score (nSPS) is 17.5. The van der Waals surface area contributed by atoms with Crippen LogP contribution >= 0.6 is 0 Å². The zero-order chi connectivity index (χ0) is 15.5. The summed E-state index contributed by atoms with van der Waals surface area (Å²) in [5.41, 5.74) is 1.51. The molecule has 1 unspecified atom stereocenters. The van der Waals surface area contributed by atoms with Gasteiger partial charge in [-0.25, -0.2) is 9.78 Å². The molecule has 22 heavy (non-hydrogen) atoms. The Kier molecular flexibility index (Phi) is 3.96. The summed E-state index contributed by atoms with van der Waals surface area (Å²) < 4.78 is 5.18. The molecule has 1 N–H and O–H groups in total. The summed E-state index contributed by atoms with van der Waals surface area (Å²) in [5, 5.41) is 8.91. The van der Waals surface area contributed by atoms with Gasteiger partial charge in [0.15, 0.2) is 0 Å². The van der Waals surface area contributed by atoms with Gasteiger partial charge in [0, 0.05) is 25.2 Å². The van der Waals surface area contributed by atoms with E-state index in [0.29, 0.717) is 5.92 Å². The lowest BCUT2D eigenvalue weighted by atomic mass is 9.98. The van der Waals surface area contributed by atoms with Crippen LogP contribution in [0.2, 0.25) is 0 Å². The first-order valence-electron chi connectivity index (χ1n) is 7.25. The largest absolute Gasteiger partial charge is 0.497 e. The van der Waals surface area contributed by atoms with Crippen LogP contribution in [0, 0.1) is 0 Å². The van der Waals surface area contributed by atoms with Crippen LogP contribution in [0.25, 0.3) is 0 Å². The smallest absolute Gasteiger partial charge is 0.337 e. The van der Waals surface area contributed by atoms with E-state index in [1.54, 1.807) is 19.2 Å². The number of rotatable bonds is 4. The Balaban J connectivity index is 1.69. The van der Waals surface area contributed by atoms with Crippen molar-refractivity contribution in [2.45, 2.75) is 12.3 Å². The predicted molar refractivity (Wildman–Crippen MR) is 83.8 cm³/mol. The maximum atomic E-state index is 10.9. The van der Waals surface area contributed by atoms with Gasteiger partial charge in [0.05, 0.1) is 12.7 Å². The molecule has 2 aromatic rings. The molecule has 1 aromatic carbocycles. The van der Waals surface area contributed by atoms with Crippen molar-refractivity contribution in [3.63, 3.8) is 0 Å². The average Bonchev–Trinajstić information content (AvgIpc) is 3.05. The monoisotopic (exact) mass is 298 g/mol. The van der Waals surface area contributed by atoms with E-state index < -0.39 is 5.97 Å². The van der Waals surface area contributed by atoms with Crippen molar-refractivity contribution in [1.82, 2.24) is 4.98 Å². The van der Waals surface area contributed by atoms with Gasteiger partial charge in [0.2, 0.25) is 0 Å². The molecule has 0 aliphatic carbocycles. The SMILES string of the molecule is COc1ccc(C2CCN(c3ccc(C(=O)O)cn3)C2)cc1. The highest BCUT2D eigenvalue weighted by Crippen LogP contribution is 2.30. The second kappa shape index (κ2) is 6.05. The number of carboxylic acid groups (broad SMARTS) is 1. The van der Waals surface area contributed by atoms with Gasteiger partial charge < -0.3 is 14.7 Å². The second-order valence-corrected chi connectivity index (χ2v) is 5.41. The van der Waals surface area contributed by atoms with Crippen LogP contribution in [-0.4, -0.2) is 36.3 Å². The Morgan fingerprint density at radius 2 is 2.05 bits per heavy atom. The van der Waals surface area contributed by atoms with Crippen LogP contribution in [0.4, 0.5) is 5.82 Å². The number of hydrogen-bond acceptors (Lipinski definition) is 4. The minimum atomic E-state index is -0.948. The lowest BCUT2D eigenvalue weighted by molar-refractivity contribution is 0.0696. The molecule has 5 nitrogen and oxygen atoms in total. The molecule has 1 aromatic heterocycles. The molecule has 1 aliphatic heterocycles. The van der Waals surface area contributed by atoms with Gasteiger partial charge in [0.1, 0.15) is 11.6 Å². The highest BCUT2D eigenvalue weighted by atomic mass is 16.5. The quantitative estimate of drug-likeness (QED) is 0.940. The molecule has 0 radical (unpaired) electrons. The number of anilines is 1. The Labute approximate surface area is 129 Å². The highest BCUT2D eigenvalue weighted by Gasteiger charge is 2.24. The predicted octanol–water partition coefficient (Wildman–Crippen LogP) is 2.78. The van der Waals surface area contributed by atoms with E-state index in [2.05, 4.69) is 22.0 Å². The van der Waals surface area contributed by atoms with Crippen LogP contribution in [0.15, 0.2) is 42.6 Å². The first kappa shape index (κ1) is 14.4. The van der Waals surface area contributed by atoms with Gasteiger partial charge in [-0.3, -0.25) is 0 Å². The number of ether oxygens (including phenoxy) is 1. The molecule has 1 saturated heterocycles. The van der Waals surface area contributed by atoms with E-state index >= 15 is 0 Å². The van der Waals surface area contributed by atoms with Gasteiger partial charge in [-0.1, -0.05) is 12.1 Å². The maximum Gasteiger partial charge on any atom is 0.337 e. The summed E-state index contributed by atoms with van der Waals surface area (Å²) in [5.74, 6) is 1.22. The van der Waals surface area contributed by atoms with Crippen LogP contribution in [0.1, 0.15) is 28.3 Å². The van der Waals surface area contributed by atoms with Gasteiger partial charge in [0.25, 0.3) is 0 Å². The maximum absolute atomic E-state index is 10.9. The fourth-order valence-corrected chi connectivity index (χ4v) is 2.82. The first-order chi connectivity index (χ1) is 10.7. The van der Waals surface area contributed by atoms with E-state index in [-0.39, 0.29) is 5.56 Å². The first-order valence-corrected chi connectivity index (χ1v) is 7.25. The summed E-state index contributed by atoms with van der Waals surface area (Å²) in [6.07, 6.45) is 2.48. The van der Waals surface area contributed by atoms with Crippen LogP contribution in [0.5, 0.6) is 5.75 Å². The summed E-state index contributed by atoms with van der Waals surface area (Å²) in [4.78, 5) is 17.3. The number of aromatic nitrogens is 1. The Morgan fingerprint density at radius 1 is 1.27 bits per heavy atom. The van der Waals surface area contributed by atoms with Crippen LogP contribution < -0.4 is 9.64 Å². The lowest BCUT2D eigenvalue weighted by Crippen LogP contribution is -2.20. The van der Waals surface area contributed by atoms with E-state index in [1.165, 1.54) is 11.8 Å². The number of benzene rings is 1. The summed E-state index contributed by atoms with van der Waals surface area (Å²) in [6, 6.07) is 11.6. The van der Waals surface area contributed by atoms with Gasteiger partial charge >= 0.3 is 5.97 Å². The highest BCUT2D eigenvalue weighted by molar-refractivity contribution is 5.87.